The smallest absolute Gasteiger partial charge is 0.0319 e. The summed E-state index contributed by atoms with van der Waals surface area (Å²) >= 11 is 0. The van der Waals surface area contributed by atoms with E-state index in [9.17, 15) is 0 Å². The number of rotatable bonds is 4. The van der Waals surface area contributed by atoms with Gasteiger partial charge in [0.15, 0.2) is 0 Å². The van der Waals surface area contributed by atoms with Gasteiger partial charge in [0.1, 0.15) is 0 Å². The molecule has 1 N–H and O–H groups in total. The number of fused-ring (bicyclic) bond motifs is 1. The van der Waals surface area contributed by atoms with Gasteiger partial charge in [0.25, 0.3) is 0 Å². The summed E-state index contributed by atoms with van der Waals surface area (Å²) in [5, 5.41) is 3.47. The van der Waals surface area contributed by atoms with Gasteiger partial charge < -0.3 is 5.32 Å². The number of hydrogen-bond donors (Lipinski definition) is 1. The maximum absolute atomic E-state index is 3.47. The van der Waals surface area contributed by atoms with Crippen LogP contribution in [0.15, 0.2) is 12.3 Å². The van der Waals surface area contributed by atoms with E-state index in [1.165, 1.54) is 44.9 Å². The van der Waals surface area contributed by atoms with E-state index < -0.39 is 0 Å². The average Bonchev–Trinajstić information content (AvgIpc) is 2.65. The van der Waals surface area contributed by atoms with E-state index in [2.05, 4.69) is 24.5 Å². The first-order chi connectivity index (χ1) is 6.90. The highest BCUT2D eigenvalue weighted by molar-refractivity contribution is 5.04. The Morgan fingerprint density at radius 1 is 1.29 bits per heavy atom. The molecule has 0 aromatic rings. The molecule has 80 valence electrons. The quantitative estimate of drug-likeness (QED) is 0.674. The molecule has 1 saturated carbocycles. The van der Waals surface area contributed by atoms with Gasteiger partial charge in [0.2, 0.25) is 0 Å². The van der Waals surface area contributed by atoms with E-state index in [1.807, 2.05) is 0 Å². The molecule has 3 atom stereocenters. The predicted molar refractivity (Wildman–Crippen MR) is 61.0 cm³/mol. The van der Waals surface area contributed by atoms with Gasteiger partial charge in [-0.3, -0.25) is 0 Å². The van der Waals surface area contributed by atoms with E-state index in [4.69, 9.17) is 0 Å². The van der Waals surface area contributed by atoms with Crippen LogP contribution in [0.2, 0.25) is 0 Å². The molecular weight excluding hydrogens is 170 g/mol. The molecule has 1 heteroatoms. The maximum Gasteiger partial charge on any atom is 0.0319 e. The SMILES string of the molecule is CCCCCC1CCC2NC=CC2C1. The van der Waals surface area contributed by atoms with Gasteiger partial charge in [-0.2, -0.15) is 0 Å². The van der Waals surface area contributed by atoms with Crippen LogP contribution in [0, 0.1) is 11.8 Å². The molecule has 1 aliphatic heterocycles. The summed E-state index contributed by atoms with van der Waals surface area (Å²) in [4.78, 5) is 0. The van der Waals surface area contributed by atoms with Crippen molar-refractivity contribution in [2.45, 2.75) is 57.9 Å². The molecule has 0 spiro atoms. The molecule has 1 aliphatic carbocycles. The van der Waals surface area contributed by atoms with E-state index >= 15 is 0 Å². The molecule has 0 amide bonds. The third-order valence-electron chi connectivity index (χ3n) is 3.88. The predicted octanol–water partition coefficient (Wildman–Crippen LogP) is 3.47. The van der Waals surface area contributed by atoms with Crippen LogP contribution in [0.1, 0.15) is 51.9 Å². The topological polar surface area (TPSA) is 12.0 Å². The summed E-state index contributed by atoms with van der Waals surface area (Å²) in [7, 11) is 0. The van der Waals surface area contributed by atoms with Crippen molar-refractivity contribution in [1.29, 1.82) is 0 Å². The van der Waals surface area contributed by atoms with Crippen LogP contribution >= 0.6 is 0 Å². The van der Waals surface area contributed by atoms with E-state index in [1.54, 1.807) is 0 Å². The fourth-order valence-electron chi connectivity index (χ4n) is 2.96. The van der Waals surface area contributed by atoms with E-state index in [0.717, 1.165) is 17.9 Å². The Labute approximate surface area is 88.0 Å². The molecule has 0 saturated heterocycles. The van der Waals surface area contributed by atoms with Crippen molar-refractivity contribution in [2.75, 3.05) is 0 Å². The number of unbranched alkanes of at least 4 members (excludes halogenated alkanes) is 2. The minimum atomic E-state index is 0.789. The minimum Gasteiger partial charge on any atom is -0.388 e. The highest BCUT2D eigenvalue weighted by atomic mass is 14.9. The van der Waals surface area contributed by atoms with Crippen molar-refractivity contribution >= 4 is 0 Å². The van der Waals surface area contributed by atoms with Crippen LogP contribution in [0.3, 0.4) is 0 Å². The highest BCUT2D eigenvalue weighted by Gasteiger charge is 2.30. The molecule has 2 rings (SSSR count). The first-order valence-corrected chi connectivity index (χ1v) is 6.33. The number of nitrogens with one attached hydrogen (secondary N) is 1. The molecule has 0 aromatic carbocycles. The third kappa shape index (κ3) is 2.31. The van der Waals surface area contributed by atoms with Gasteiger partial charge in [-0.1, -0.05) is 38.7 Å². The molecule has 1 fully saturated rings. The molecule has 0 radical (unpaired) electrons. The molecular formula is C13H23N. The second-order valence-electron chi connectivity index (χ2n) is 4.97. The molecule has 2 aliphatic rings. The van der Waals surface area contributed by atoms with Crippen molar-refractivity contribution in [3.8, 4) is 0 Å². The largest absolute Gasteiger partial charge is 0.388 e. The Morgan fingerprint density at radius 2 is 2.21 bits per heavy atom. The molecule has 1 nitrogen and oxygen atoms in total. The van der Waals surface area contributed by atoms with Gasteiger partial charge in [0.05, 0.1) is 0 Å². The second kappa shape index (κ2) is 4.86. The Balaban J connectivity index is 1.71. The monoisotopic (exact) mass is 193 g/mol. The van der Waals surface area contributed by atoms with Crippen molar-refractivity contribution in [1.82, 2.24) is 5.32 Å². The van der Waals surface area contributed by atoms with Gasteiger partial charge in [-0.05, 0) is 37.3 Å². The molecule has 3 unspecified atom stereocenters. The molecule has 0 bridgehead atoms. The van der Waals surface area contributed by atoms with E-state index in [0.29, 0.717) is 0 Å². The highest BCUT2D eigenvalue weighted by Crippen LogP contribution is 2.35. The Bertz CT molecular complexity index is 197. The lowest BCUT2D eigenvalue weighted by Gasteiger charge is -2.31. The zero-order chi connectivity index (χ0) is 9.80. The van der Waals surface area contributed by atoms with Crippen LogP contribution in [-0.4, -0.2) is 6.04 Å². The van der Waals surface area contributed by atoms with Crippen LogP contribution in [0.4, 0.5) is 0 Å². The normalized spacial score (nSPS) is 35.4. The zero-order valence-corrected chi connectivity index (χ0v) is 9.34. The Hall–Kier alpha value is -0.460. The Kier molecular flexibility index (Phi) is 3.49. The first kappa shape index (κ1) is 10.1. The summed E-state index contributed by atoms with van der Waals surface area (Å²) in [6.07, 6.45) is 14.6. The van der Waals surface area contributed by atoms with Gasteiger partial charge >= 0.3 is 0 Å². The average molecular weight is 193 g/mol. The lowest BCUT2D eigenvalue weighted by Crippen LogP contribution is -2.32. The Morgan fingerprint density at radius 3 is 3.07 bits per heavy atom. The summed E-state index contributed by atoms with van der Waals surface area (Å²) in [5.41, 5.74) is 0. The van der Waals surface area contributed by atoms with E-state index in [-0.39, 0.29) is 0 Å². The summed E-state index contributed by atoms with van der Waals surface area (Å²) in [5.74, 6) is 1.88. The van der Waals surface area contributed by atoms with Crippen LogP contribution < -0.4 is 5.32 Å². The molecule has 1 heterocycles. The zero-order valence-electron chi connectivity index (χ0n) is 9.34. The second-order valence-corrected chi connectivity index (χ2v) is 4.97. The van der Waals surface area contributed by atoms with Gasteiger partial charge in [-0.25, -0.2) is 0 Å². The van der Waals surface area contributed by atoms with Crippen LogP contribution in [-0.2, 0) is 0 Å². The van der Waals surface area contributed by atoms with Crippen molar-refractivity contribution < 1.29 is 0 Å². The standard InChI is InChI=1S/C13H23N/c1-2-3-4-5-11-6-7-13-12(10-11)8-9-14-13/h8-9,11-14H,2-7,10H2,1H3. The minimum absolute atomic E-state index is 0.789. The molecule has 0 aromatic heterocycles. The maximum atomic E-state index is 3.47. The van der Waals surface area contributed by atoms with Crippen molar-refractivity contribution in [3.63, 3.8) is 0 Å². The molecule has 14 heavy (non-hydrogen) atoms. The first-order valence-electron chi connectivity index (χ1n) is 6.33. The van der Waals surface area contributed by atoms with Crippen molar-refractivity contribution in [3.05, 3.63) is 12.3 Å². The van der Waals surface area contributed by atoms with Crippen molar-refractivity contribution in [2.24, 2.45) is 11.8 Å². The van der Waals surface area contributed by atoms with Gasteiger partial charge in [-0.15, -0.1) is 0 Å². The van der Waals surface area contributed by atoms with Crippen LogP contribution in [0.5, 0.6) is 0 Å². The fourth-order valence-corrected chi connectivity index (χ4v) is 2.96. The lowest BCUT2D eigenvalue weighted by molar-refractivity contribution is 0.249. The third-order valence-corrected chi connectivity index (χ3v) is 3.88. The summed E-state index contributed by atoms with van der Waals surface area (Å²) in [6, 6.07) is 0.789. The summed E-state index contributed by atoms with van der Waals surface area (Å²) < 4.78 is 0. The fraction of sp³-hybridized carbons (Fsp3) is 0.846. The lowest BCUT2D eigenvalue weighted by atomic mass is 9.77. The van der Waals surface area contributed by atoms with Gasteiger partial charge in [0, 0.05) is 6.04 Å². The van der Waals surface area contributed by atoms with Crippen LogP contribution in [0.25, 0.3) is 0 Å². The number of hydrogen-bond acceptors (Lipinski definition) is 1. The summed E-state index contributed by atoms with van der Waals surface area (Å²) in [6.45, 7) is 2.29.